The Hall–Kier alpha value is -2.92. The highest BCUT2D eigenvalue weighted by Crippen LogP contribution is 2.39. The van der Waals surface area contributed by atoms with Crippen LogP contribution in [0.3, 0.4) is 0 Å². The van der Waals surface area contributed by atoms with Crippen LogP contribution >= 0.6 is 7.92 Å². The van der Waals surface area contributed by atoms with Crippen LogP contribution in [0.25, 0.3) is 11.1 Å². The third-order valence-electron chi connectivity index (χ3n) is 4.78. The van der Waals surface area contributed by atoms with Crippen LogP contribution in [0.15, 0.2) is 102 Å². The van der Waals surface area contributed by atoms with Gasteiger partial charge in [-0.3, -0.25) is 4.55 Å². The lowest BCUT2D eigenvalue weighted by Gasteiger charge is -2.24. The van der Waals surface area contributed by atoms with Crippen LogP contribution in [-0.2, 0) is 10.1 Å². The standard InChI is InChI=1S/C24H17F2O3PS/c25-19-12-8-13-20(26)24(19)18-11-4-5-14-21(18)30(17-9-2-1-3-10-17)22-15-6-7-16-23(22)31(27,28)29/h1-16H,(H,27,28,29). The minimum absolute atomic E-state index is 0.175. The summed E-state index contributed by atoms with van der Waals surface area (Å²) in [6.07, 6.45) is 0. The molecular formula is C24H17F2O3PS. The molecule has 0 fully saturated rings. The summed E-state index contributed by atoms with van der Waals surface area (Å²) >= 11 is 0. The number of hydrogen-bond acceptors (Lipinski definition) is 2. The third-order valence-corrected chi connectivity index (χ3v) is 8.40. The summed E-state index contributed by atoms with van der Waals surface area (Å²) in [5.74, 6) is -1.42. The molecule has 0 saturated carbocycles. The van der Waals surface area contributed by atoms with Gasteiger partial charge in [0.05, 0.1) is 5.56 Å². The molecular weight excluding hydrogens is 437 g/mol. The molecule has 0 saturated heterocycles. The lowest BCUT2D eigenvalue weighted by Crippen LogP contribution is -2.26. The summed E-state index contributed by atoms with van der Waals surface area (Å²) < 4.78 is 63.5. The van der Waals surface area contributed by atoms with Crippen LogP contribution in [0, 0.1) is 11.6 Å². The molecule has 0 radical (unpaired) electrons. The fraction of sp³-hybridized carbons (Fsp3) is 0. The highest BCUT2D eigenvalue weighted by atomic mass is 32.2. The number of halogens is 2. The normalized spacial score (nSPS) is 12.5. The van der Waals surface area contributed by atoms with Crippen molar-refractivity contribution in [2.45, 2.75) is 4.90 Å². The van der Waals surface area contributed by atoms with Gasteiger partial charge in [-0.15, -0.1) is 0 Å². The lowest BCUT2D eigenvalue weighted by atomic mass is 10.0. The van der Waals surface area contributed by atoms with E-state index in [0.29, 0.717) is 16.2 Å². The Bertz CT molecular complexity index is 1320. The van der Waals surface area contributed by atoms with Crippen molar-refractivity contribution in [3.63, 3.8) is 0 Å². The van der Waals surface area contributed by atoms with Crippen LogP contribution < -0.4 is 15.9 Å². The molecule has 0 aliphatic carbocycles. The fourth-order valence-electron chi connectivity index (χ4n) is 3.48. The van der Waals surface area contributed by atoms with Crippen LogP contribution in [0.2, 0.25) is 0 Å². The maximum absolute atomic E-state index is 14.7. The third kappa shape index (κ3) is 4.28. The van der Waals surface area contributed by atoms with Crippen molar-refractivity contribution in [3.8, 4) is 11.1 Å². The van der Waals surface area contributed by atoms with Crippen LogP contribution in [0.5, 0.6) is 0 Å². The summed E-state index contributed by atoms with van der Waals surface area (Å²) in [4.78, 5) is -0.228. The zero-order valence-corrected chi connectivity index (χ0v) is 17.8. The summed E-state index contributed by atoms with van der Waals surface area (Å²) in [7, 11) is -6.09. The molecule has 31 heavy (non-hydrogen) atoms. The quantitative estimate of drug-likeness (QED) is 0.353. The Morgan fingerprint density at radius 2 is 1.19 bits per heavy atom. The number of benzene rings is 4. The second-order valence-electron chi connectivity index (χ2n) is 6.73. The first kappa shape index (κ1) is 21.3. The first-order chi connectivity index (χ1) is 14.9. The Labute approximate surface area is 180 Å². The Morgan fingerprint density at radius 3 is 1.84 bits per heavy atom. The van der Waals surface area contributed by atoms with Gasteiger partial charge in [0.2, 0.25) is 0 Å². The molecule has 1 unspecified atom stereocenters. The number of hydrogen-bond donors (Lipinski definition) is 1. The Kier molecular flexibility index (Phi) is 5.96. The predicted molar refractivity (Wildman–Crippen MR) is 120 cm³/mol. The van der Waals surface area contributed by atoms with E-state index >= 15 is 0 Å². The van der Waals surface area contributed by atoms with E-state index in [1.807, 2.05) is 30.3 Å². The van der Waals surface area contributed by atoms with E-state index in [4.69, 9.17) is 0 Å². The molecule has 1 atom stereocenters. The van der Waals surface area contributed by atoms with E-state index in [1.165, 1.54) is 30.3 Å². The summed E-state index contributed by atoms with van der Waals surface area (Å²) in [6, 6.07) is 25.7. The zero-order chi connectivity index (χ0) is 22.0. The van der Waals surface area contributed by atoms with Gasteiger partial charge in [0.25, 0.3) is 10.1 Å². The molecule has 0 heterocycles. The van der Waals surface area contributed by atoms with Gasteiger partial charge in [-0.05, 0) is 42.3 Å². The van der Waals surface area contributed by atoms with Crippen molar-refractivity contribution in [1.29, 1.82) is 0 Å². The molecule has 0 aromatic heterocycles. The predicted octanol–water partition coefficient (Wildman–Crippen LogP) is 4.64. The van der Waals surface area contributed by atoms with Crippen molar-refractivity contribution >= 4 is 34.0 Å². The molecule has 4 rings (SSSR count). The maximum atomic E-state index is 14.7. The average Bonchev–Trinajstić information content (AvgIpc) is 2.75. The maximum Gasteiger partial charge on any atom is 0.295 e. The molecule has 156 valence electrons. The molecule has 4 aromatic rings. The number of rotatable bonds is 5. The lowest BCUT2D eigenvalue weighted by molar-refractivity contribution is 0.484. The zero-order valence-electron chi connectivity index (χ0n) is 16.1. The van der Waals surface area contributed by atoms with Gasteiger partial charge < -0.3 is 0 Å². The highest BCUT2D eigenvalue weighted by molar-refractivity contribution is 7.88. The summed E-state index contributed by atoms with van der Waals surface area (Å²) in [5, 5.41) is 1.72. The molecule has 0 aliphatic rings. The van der Waals surface area contributed by atoms with Gasteiger partial charge in [0, 0.05) is 5.30 Å². The molecule has 0 spiro atoms. The second-order valence-corrected chi connectivity index (χ2v) is 10.3. The van der Waals surface area contributed by atoms with E-state index in [0.717, 1.165) is 5.30 Å². The van der Waals surface area contributed by atoms with Crippen molar-refractivity contribution in [1.82, 2.24) is 0 Å². The minimum atomic E-state index is -4.52. The van der Waals surface area contributed by atoms with Crippen molar-refractivity contribution in [3.05, 3.63) is 109 Å². The Balaban J connectivity index is 2.06. The van der Waals surface area contributed by atoms with E-state index in [1.54, 1.807) is 36.4 Å². The minimum Gasteiger partial charge on any atom is -0.282 e. The second kappa shape index (κ2) is 8.67. The van der Waals surface area contributed by atoms with Gasteiger partial charge in [0.15, 0.2) is 0 Å². The monoisotopic (exact) mass is 454 g/mol. The molecule has 0 bridgehead atoms. The van der Waals surface area contributed by atoms with Crippen LogP contribution in [0.1, 0.15) is 0 Å². The smallest absolute Gasteiger partial charge is 0.282 e. The van der Waals surface area contributed by atoms with Crippen molar-refractivity contribution < 1.29 is 21.8 Å². The summed E-state index contributed by atoms with van der Waals surface area (Å²) in [5.41, 5.74) is 0.157. The van der Waals surface area contributed by atoms with E-state index in [2.05, 4.69) is 0 Å². The van der Waals surface area contributed by atoms with Gasteiger partial charge in [-0.2, -0.15) is 8.42 Å². The summed E-state index contributed by atoms with van der Waals surface area (Å²) in [6.45, 7) is 0. The van der Waals surface area contributed by atoms with Crippen LogP contribution in [-0.4, -0.2) is 13.0 Å². The molecule has 0 amide bonds. The van der Waals surface area contributed by atoms with Crippen LogP contribution in [0.4, 0.5) is 8.78 Å². The van der Waals surface area contributed by atoms with Gasteiger partial charge >= 0.3 is 0 Å². The van der Waals surface area contributed by atoms with Gasteiger partial charge in [-0.25, -0.2) is 8.78 Å². The molecule has 7 heteroatoms. The highest BCUT2D eigenvalue weighted by Gasteiger charge is 2.27. The van der Waals surface area contributed by atoms with Gasteiger partial charge in [-0.1, -0.05) is 78.9 Å². The van der Waals surface area contributed by atoms with E-state index in [9.17, 15) is 21.8 Å². The van der Waals surface area contributed by atoms with E-state index in [-0.39, 0.29) is 10.5 Å². The topological polar surface area (TPSA) is 54.4 Å². The molecule has 3 nitrogen and oxygen atoms in total. The molecule has 4 aromatic carbocycles. The van der Waals surface area contributed by atoms with Crippen molar-refractivity contribution in [2.75, 3.05) is 0 Å². The molecule has 1 N–H and O–H groups in total. The SMILES string of the molecule is O=S(=O)(O)c1ccccc1P(c1ccccc1)c1ccccc1-c1c(F)cccc1F. The largest absolute Gasteiger partial charge is 0.295 e. The Morgan fingerprint density at radius 1 is 0.645 bits per heavy atom. The first-order valence-electron chi connectivity index (χ1n) is 9.33. The molecule has 0 aliphatic heterocycles. The first-order valence-corrected chi connectivity index (χ1v) is 12.1. The fourth-order valence-corrected chi connectivity index (χ4v) is 7.16. The average molecular weight is 454 g/mol. The van der Waals surface area contributed by atoms with Crippen molar-refractivity contribution in [2.24, 2.45) is 0 Å². The van der Waals surface area contributed by atoms with E-state index < -0.39 is 29.7 Å². The van der Waals surface area contributed by atoms with Gasteiger partial charge in [0.1, 0.15) is 16.5 Å².